The highest BCUT2D eigenvalue weighted by molar-refractivity contribution is 5.95. The minimum atomic E-state index is -0.126. The molecule has 1 heterocycles. The lowest BCUT2D eigenvalue weighted by Crippen LogP contribution is -2.34. The van der Waals surface area contributed by atoms with Gasteiger partial charge in [-0.25, -0.2) is 9.67 Å². The van der Waals surface area contributed by atoms with Gasteiger partial charge in [0.1, 0.15) is 12.7 Å². The van der Waals surface area contributed by atoms with Gasteiger partial charge < -0.3 is 10.4 Å². The first-order chi connectivity index (χ1) is 10.4. The van der Waals surface area contributed by atoms with Gasteiger partial charge in [0.05, 0.1) is 5.69 Å². The van der Waals surface area contributed by atoms with Crippen molar-refractivity contribution in [3.63, 3.8) is 0 Å². The first-order valence-corrected chi connectivity index (χ1v) is 7.28. The van der Waals surface area contributed by atoms with Crippen molar-refractivity contribution in [3.8, 4) is 5.69 Å². The number of aryl methyl sites for hydroxylation is 1. The SMILES string of the molecule is Cc1cc(-n2cncn2)ccc1C(=O)NCC(C)(C)CCO. The van der Waals surface area contributed by atoms with E-state index in [1.807, 2.05) is 32.9 Å². The van der Waals surface area contributed by atoms with E-state index in [-0.39, 0.29) is 17.9 Å². The molecule has 2 aromatic rings. The van der Waals surface area contributed by atoms with E-state index < -0.39 is 0 Å². The van der Waals surface area contributed by atoms with Crippen molar-refractivity contribution in [1.29, 1.82) is 0 Å². The van der Waals surface area contributed by atoms with Crippen molar-refractivity contribution >= 4 is 5.91 Å². The van der Waals surface area contributed by atoms with Gasteiger partial charge in [-0.1, -0.05) is 13.8 Å². The molecule has 0 atom stereocenters. The quantitative estimate of drug-likeness (QED) is 0.851. The molecule has 0 unspecified atom stereocenters. The minimum absolute atomic E-state index is 0.103. The number of hydrogen-bond acceptors (Lipinski definition) is 4. The third-order valence-electron chi connectivity index (χ3n) is 3.65. The Morgan fingerprint density at radius 1 is 1.41 bits per heavy atom. The highest BCUT2D eigenvalue weighted by atomic mass is 16.3. The standard InChI is InChI=1S/C16H22N4O2/c1-12-8-13(20-11-17-10-19-20)4-5-14(12)15(22)18-9-16(2,3)6-7-21/h4-5,8,10-11,21H,6-7,9H2,1-3H3,(H,18,22). The molecule has 2 N–H and O–H groups in total. The van der Waals surface area contributed by atoms with Gasteiger partial charge in [0.2, 0.25) is 0 Å². The van der Waals surface area contributed by atoms with Gasteiger partial charge >= 0.3 is 0 Å². The van der Waals surface area contributed by atoms with Crippen molar-refractivity contribution < 1.29 is 9.90 Å². The fraction of sp³-hybridized carbons (Fsp3) is 0.438. The smallest absolute Gasteiger partial charge is 0.251 e. The number of aliphatic hydroxyl groups excluding tert-OH is 1. The average molecular weight is 302 g/mol. The highest BCUT2D eigenvalue weighted by Gasteiger charge is 2.19. The Balaban J connectivity index is 2.07. The molecule has 1 amide bonds. The Hall–Kier alpha value is -2.21. The first-order valence-electron chi connectivity index (χ1n) is 7.28. The van der Waals surface area contributed by atoms with E-state index in [0.717, 1.165) is 11.3 Å². The topological polar surface area (TPSA) is 80.0 Å². The number of nitrogens with one attached hydrogen (secondary N) is 1. The average Bonchev–Trinajstić information content (AvgIpc) is 2.99. The van der Waals surface area contributed by atoms with E-state index in [1.54, 1.807) is 17.1 Å². The summed E-state index contributed by atoms with van der Waals surface area (Å²) in [6.07, 6.45) is 3.74. The maximum absolute atomic E-state index is 12.3. The van der Waals surface area contributed by atoms with Crippen LogP contribution in [0.3, 0.4) is 0 Å². The molecule has 0 saturated carbocycles. The number of carbonyl (C=O) groups is 1. The largest absolute Gasteiger partial charge is 0.396 e. The zero-order valence-corrected chi connectivity index (χ0v) is 13.2. The van der Waals surface area contributed by atoms with Crippen LogP contribution in [0.5, 0.6) is 0 Å². The molecular weight excluding hydrogens is 280 g/mol. The maximum Gasteiger partial charge on any atom is 0.251 e. The van der Waals surface area contributed by atoms with Crippen molar-refractivity contribution in [2.24, 2.45) is 5.41 Å². The van der Waals surface area contributed by atoms with Gasteiger partial charge in [0.25, 0.3) is 5.91 Å². The Kier molecular flexibility index (Phi) is 4.92. The molecule has 6 nitrogen and oxygen atoms in total. The number of carbonyl (C=O) groups excluding carboxylic acids is 1. The molecule has 0 aliphatic heterocycles. The van der Waals surface area contributed by atoms with E-state index >= 15 is 0 Å². The summed E-state index contributed by atoms with van der Waals surface area (Å²) in [5, 5.41) is 16.0. The number of hydrogen-bond donors (Lipinski definition) is 2. The van der Waals surface area contributed by atoms with Crippen LogP contribution in [-0.4, -0.2) is 38.9 Å². The summed E-state index contributed by atoms with van der Waals surface area (Å²) in [6.45, 7) is 6.58. The normalized spacial score (nSPS) is 11.5. The summed E-state index contributed by atoms with van der Waals surface area (Å²) in [5.41, 5.74) is 2.26. The monoisotopic (exact) mass is 302 g/mol. The Labute approximate surface area is 130 Å². The summed E-state index contributed by atoms with van der Waals surface area (Å²) in [5.74, 6) is -0.103. The maximum atomic E-state index is 12.3. The summed E-state index contributed by atoms with van der Waals surface area (Å²) in [4.78, 5) is 16.2. The Bertz CT molecular complexity index is 636. The molecule has 1 aromatic carbocycles. The van der Waals surface area contributed by atoms with Gasteiger partial charge in [-0.2, -0.15) is 5.10 Å². The fourth-order valence-electron chi connectivity index (χ4n) is 2.19. The van der Waals surface area contributed by atoms with Gasteiger partial charge in [-0.05, 0) is 42.5 Å². The second-order valence-electron chi connectivity index (χ2n) is 6.16. The highest BCUT2D eigenvalue weighted by Crippen LogP contribution is 2.19. The van der Waals surface area contributed by atoms with Gasteiger partial charge in [-0.15, -0.1) is 0 Å². The summed E-state index contributed by atoms with van der Waals surface area (Å²) in [7, 11) is 0. The molecule has 0 spiro atoms. The molecule has 118 valence electrons. The van der Waals surface area contributed by atoms with Crippen molar-refractivity contribution in [1.82, 2.24) is 20.1 Å². The lowest BCUT2D eigenvalue weighted by Gasteiger charge is -2.24. The van der Waals surface area contributed by atoms with E-state index in [9.17, 15) is 4.79 Å². The first kappa shape index (κ1) is 16.2. The fourth-order valence-corrected chi connectivity index (χ4v) is 2.19. The van der Waals surface area contributed by atoms with Crippen LogP contribution in [0.4, 0.5) is 0 Å². The lowest BCUT2D eigenvalue weighted by atomic mass is 9.89. The number of benzene rings is 1. The molecule has 1 aromatic heterocycles. The van der Waals surface area contributed by atoms with Crippen LogP contribution in [0.25, 0.3) is 5.69 Å². The second-order valence-corrected chi connectivity index (χ2v) is 6.16. The van der Waals surface area contributed by atoms with Crippen molar-refractivity contribution in [2.75, 3.05) is 13.2 Å². The van der Waals surface area contributed by atoms with E-state index in [0.29, 0.717) is 18.5 Å². The number of aliphatic hydroxyl groups is 1. The summed E-state index contributed by atoms with van der Waals surface area (Å²) < 4.78 is 1.65. The second kappa shape index (κ2) is 6.70. The molecule has 0 saturated heterocycles. The van der Waals surface area contributed by atoms with Gasteiger partial charge in [0.15, 0.2) is 0 Å². The molecule has 0 aliphatic rings. The van der Waals surface area contributed by atoms with Gasteiger partial charge in [0, 0.05) is 18.7 Å². The lowest BCUT2D eigenvalue weighted by molar-refractivity contribution is 0.0927. The van der Waals surface area contributed by atoms with Crippen LogP contribution in [0.15, 0.2) is 30.9 Å². The van der Waals surface area contributed by atoms with E-state index in [1.165, 1.54) is 6.33 Å². The minimum Gasteiger partial charge on any atom is -0.396 e. The molecule has 0 aliphatic carbocycles. The van der Waals surface area contributed by atoms with Crippen LogP contribution in [-0.2, 0) is 0 Å². The number of amides is 1. The van der Waals surface area contributed by atoms with Crippen LogP contribution in [0.2, 0.25) is 0 Å². The van der Waals surface area contributed by atoms with Crippen LogP contribution >= 0.6 is 0 Å². The molecule has 22 heavy (non-hydrogen) atoms. The number of rotatable bonds is 6. The van der Waals surface area contributed by atoms with Crippen LogP contribution in [0, 0.1) is 12.3 Å². The number of aromatic nitrogens is 3. The van der Waals surface area contributed by atoms with Crippen molar-refractivity contribution in [2.45, 2.75) is 27.2 Å². The predicted octanol–water partition coefficient (Wildman–Crippen LogP) is 1.71. The zero-order chi connectivity index (χ0) is 16.2. The summed E-state index contributed by atoms with van der Waals surface area (Å²) in [6, 6.07) is 5.54. The Morgan fingerprint density at radius 2 is 2.18 bits per heavy atom. The van der Waals surface area contributed by atoms with Crippen LogP contribution in [0.1, 0.15) is 36.2 Å². The molecule has 0 radical (unpaired) electrons. The Morgan fingerprint density at radius 3 is 2.77 bits per heavy atom. The molecular formula is C16H22N4O2. The number of nitrogens with zero attached hydrogens (tertiary/aromatic N) is 3. The summed E-state index contributed by atoms with van der Waals surface area (Å²) >= 11 is 0. The molecule has 0 fully saturated rings. The van der Waals surface area contributed by atoms with Crippen molar-refractivity contribution in [3.05, 3.63) is 42.0 Å². The third-order valence-corrected chi connectivity index (χ3v) is 3.65. The van der Waals surface area contributed by atoms with Gasteiger partial charge in [-0.3, -0.25) is 4.79 Å². The molecule has 0 bridgehead atoms. The van der Waals surface area contributed by atoms with E-state index in [4.69, 9.17) is 5.11 Å². The predicted molar refractivity (Wildman–Crippen MR) is 83.9 cm³/mol. The van der Waals surface area contributed by atoms with Crippen LogP contribution < -0.4 is 5.32 Å². The molecule has 2 rings (SSSR count). The zero-order valence-electron chi connectivity index (χ0n) is 13.2. The third kappa shape index (κ3) is 3.92. The van der Waals surface area contributed by atoms with E-state index in [2.05, 4.69) is 15.4 Å². The molecule has 6 heteroatoms.